The van der Waals surface area contributed by atoms with Gasteiger partial charge in [-0.25, -0.2) is 8.78 Å². The second-order valence-corrected chi connectivity index (χ2v) is 9.30. The van der Waals surface area contributed by atoms with Crippen LogP contribution in [0.4, 0.5) is 8.78 Å². The smallest absolute Gasteiger partial charge is 0.233 e. The topological polar surface area (TPSA) is 54.9 Å². The van der Waals surface area contributed by atoms with Gasteiger partial charge in [-0.05, 0) is 60.8 Å². The van der Waals surface area contributed by atoms with Gasteiger partial charge in [0.25, 0.3) is 0 Å². The zero-order valence-corrected chi connectivity index (χ0v) is 16.8. The van der Waals surface area contributed by atoms with Gasteiger partial charge in [0.15, 0.2) is 0 Å². The molecule has 0 radical (unpaired) electrons. The first-order valence-corrected chi connectivity index (χ1v) is 10.5. The van der Waals surface area contributed by atoms with E-state index >= 15 is 0 Å². The molecule has 3 aliphatic rings. The number of hydrogen-bond donors (Lipinski definition) is 1. The molecule has 1 aromatic carbocycles. The van der Waals surface area contributed by atoms with Crippen molar-refractivity contribution >= 4 is 5.91 Å². The summed E-state index contributed by atoms with van der Waals surface area (Å²) in [5, 5.41) is 11.9. The highest BCUT2D eigenvalue weighted by Gasteiger charge is 2.67. The van der Waals surface area contributed by atoms with E-state index < -0.39 is 17.0 Å². The molecule has 4 nitrogen and oxygen atoms in total. The Labute approximate surface area is 169 Å². The normalized spacial score (nSPS) is 27.2. The minimum Gasteiger partial charge on any atom is -0.353 e. The Bertz CT molecular complexity index is 979. The summed E-state index contributed by atoms with van der Waals surface area (Å²) in [4.78, 5) is 13.5. The first-order valence-electron chi connectivity index (χ1n) is 10.5. The summed E-state index contributed by atoms with van der Waals surface area (Å²) in [6.07, 6.45) is 5.95. The SMILES string of the molecule is CC1(C)[C@@H]2CC[C@@]1(C(=O)NC1CCCC1)c1nnc(-c3c(F)cccc3F)cc12. The van der Waals surface area contributed by atoms with Crippen molar-refractivity contribution in [3.63, 3.8) is 0 Å². The lowest BCUT2D eigenvalue weighted by molar-refractivity contribution is -0.130. The summed E-state index contributed by atoms with van der Waals surface area (Å²) in [5.41, 5.74) is 0.584. The number of nitrogens with zero attached hydrogens (tertiary/aromatic N) is 2. The fourth-order valence-corrected chi connectivity index (χ4v) is 6.07. The Morgan fingerprint density at radius 2 is 1.79 bits per heavy atom. The van der Waals surface area contributed by atoms with E-state index in [9.17, 15) is 13.6 Å². The van der Waals surface area contributed by atoms with Crippen LogP contribution in [0.1, 0.15) is 69.5 Å². The minimum absolute atomic E-state index is 0.0368. The van der Waals surface area contributed by atoms with Gasteiger partial charge < -0.3 is 5.32 Å². The van der Waals surface area contributed by atoms with Gasteiger partial charge in [-0.1, -0.05) is 32.8 Å². The average molecular weight is 397 g/mol. The molecule has 29 heavy (non-hydrogen) atoms. The number of nitrogens with one attached hydrogen (secondary N) is 1. The van der Waals surface area contributed by atoms with Crippen molar-refractivity contribution in [3.8, 4) is 11.3 Å². The first kappa shape index (κ1) is 18.6. The predicted molar refractivity (Wildman–Crippen MR) is 105 cm³/mol. The molecule has 2 fully saturated rings. The van der Waals surface area contributed by atoms with Crippen LogP contribution in [0.5, 0.6) is 0 Å². The van der Waals surface area contributed by atoms with Crippen LogP contribution in [0.3, 0.4) is 0 Å². The number of benzene rings is 1. The fourth-order valence-electron chi connectivity index (χ4n) is 6.07. The molecule has 0 unspecified atom stereocenters. The van der Waals surface area contributed by atoms with E-state index in [4.69, 9.17) is 0 Å². The number of amides is 1. The van der Waals surface area contributed by atoms with Crippen molar-refractivity contribution in [1.82, 2.24) is 15.5 Å². The Morgan fingerprint density at radius 3 is 2.48 bits per heavy atom. The van der Waals surface area contributed by atoms with Gasteiger partial charge in [0, 0.05) is 6.04 Å². The highest BCUT2D eigenvalue weighted by atomic mass is 19.1. The van der Waals surface area contributed by atoms with E-state index in [0.29, 0.717) is 5.69 Å². The van der Waals surface area contributed by atoms with Gasteiger partial charge in [0.2, 0.25) is 5.91 Å². The lowest BCUT2D eigenvalue weighted by Crippen LogP contribution is -2.52. The molecular weight excluding hydrogens is 372 g/mol. The summed E-state index contributed by atoms with van der Waals surface area (Å²) in [5.74, 6) is -1.16. The van der Waals surface area contributed by atoms with Gasteiger partial charge in [0.1, 0.15) is 11.6 Å². The molecule has 1 amide bonds. The van der Waals surface area contributed by atoms with Crippen LogP contribution >= 0.6 is 0 Å². The quantitative estimate of drug-likeness (QED) is 0.821. The molecular formula is C23H25F2N3O. The molecule has 6 heteroatoms. The number of fused-ring (bicyclic) bond motifs is 5. The zero-order valence-electron chi connectivity index (χ0n) is 16.8. The van der Waals surface area contributed by atoms with Crippen molar-refractivity contribution < 1.29 is 13.6 Å². The Hall–Kier alpha value is -2.37. The van der Waals surface area contributed by atoms with Gasteiger partial charge in [-0.2, -0.15) is 5.10 Å². The van der Waals surface area contributed by atoms with Crippen LogP contribution in [-0.2, 0) is 10.2 Å². The van der Waals surface area contributed by atoms with Gasteiger partial charge in [-0.3, -0.25) is 4.79 Å². The highest BCUT2D eigenvalue weighted by molar-refractivity contribution is 5.92. The summed E-state index contributed by atoms with van der Waals surface area (Å²) in [6.45, 7) is 4.23. The first-order chi connectivity index (χ1) is 13.9. The number of carbonyl (C=O) groups excluding carboxylic acids is 1. The zero-order chi connectivity index (χ0) is 20.4. The molecule has 0 saturated heterocycles. The Morgan fingerprint density at radius 1 is 1.10 bits per heavy atom. The number of aromatic nitrogens is 2. The van der Waals surface area contributed by atoms with E-state index in [-0.39, 0.29) is 34.5 Å². The molecule has 3 aliphatic carbocycles. The molecule has 2 saturated carbocycles. The van der Waals surface area contributed by atoms with Gasteiger partial charge >= 0.3 is 0 Å². The third kappa shape index (κ3) is 2.44. The lowest BCUT2D eigenvalue weighted by Gasteiger charge is -2.37. The van der Waals surface area contributed by atoms with Gasteiger partial charge in [-0.15, -0.1) is 5.10 Å². The lowest BCUT2D eigenvalue weighted by atomic mass is 9.67. The predicted octanol–water partition coefficient (Wildman–Crippen LogP) is 4.64. The Balaban J connectivity index is 1.59. The maximum absolute atomic E-state index is 14.3. The molecule has 152 valence electrons. The fraction of sp³-hybridized carbons (Fsp3) is 0.522. The maximum atomic E-state index is 14.3. The van der Waals surface area contributed by atoms with Crippen molar-refractivity contribution in [2.75, 3.05) is 0 Å². The Kier molecular flexibility index (Phi) is 4.06. The minimum atomic E-state index is -0.727. The molecule has 1 aromatic heterocycles. The van der Waals surface area contributed by atoms with Crippen LogP contribution < -0.4 is 5.32 Å². The van der Waals surface area contributed by atoms with E-state index in [1.54, 1.807) is 6.07 Å². The molecule has 2 atom stereocenters. The van der Waals surface area contributed by atoms with E-state index in [1.165, 1.54) is 18.2 Å². The highest BCUT2D eigenvalue weighted by Crippen LogP contribution is 2.67. The van der Waals surface area contributed by atoms with Crippen LogP contribution in [-0.4, -0.2) is 22.1 Å². The summed E-state index contributed by atoms with van der Waals surface area (Å²) >= 11 is 0. The number of carbonyl (C=O) groups is 1. The van der Waals surface area contributed by atoms with E-state index in [0.717, 1.165) is 44.1 Å². The van der Waals surface area contributed by atoms with Crippen LogP contribution in [0.25, 0.3) is 11.3 Å². The van der Waals surface area contributed by atoms with Crippen LogP contribution in [0.2, 0.25) is 0 Å². The summed E-state index contributed by atoms with van der Waals surface area (Å²) in [6, 6.07) is 5.76. The van der Waals surface area contributed by atoms with Crippen molar-refractivity contribution in [2.45, 2.75) is 69.7 Å². The summed E-state index contributed by atoms with van der Waals surface area (Å²) < 4.78 is 28.6. The molecule has 2 bridgehead atoms. The van der Waals surface area contributed by atoms with Crippen molar-refractivity contribution in [1.29, 1.82) is 0 Å². The van der Waals surface area contributed by atoms with Crippen LogP contribution in [0.15, 0.2) is 24.3 Å². The second-order valence-electron chi connectivity index (χ2n) is 9.30. The van der Waals surface area contributed by atoms with E-state index in [1.807, 2.05) is 0 Å². The number of hydrogen-bond acceptors (Lipinski definition) is 3. The van der Waals surface area contributed by atoms with Crippen LogP contribution in [0, 0.1) is 17.0 Å². The van der Waals surface area contributed by atoms with Crippen molar-refractivity contribution in [3.05, 3.63) is 47.2 Å². The molecule has 1 N–H and O–H groups in total. The molecule has 0 spiro atoms. The number of halogens is 2. The van der Waals surface area contributed by atoms with E-state index in [2.05, 4.69) is 29.4 Å². The summed E-state index contributed by atoms with van der Waals surface area (Å²) in [7, 11) is 0. The largest absolute Gasteiger partial charge is 0.353 e. The maximum Gasteiger partial charge on any atom is 0.233 e. The standard InChI is InChI=1S/C23H25F2N3O/c1-22(2)15-10-11-23(22,21(29)26-13-6-3-4-7-13)20-14(15)12-18(27-28-20)19-16(24)8-5-9-17(19)25/h5,8-9,12-13,15H,3-4,6-7,10-11H2,1-2H3,(H,26,29)/t15-,23+/m1/s1. The third-order valence-corrected chi connectivity index (χ3v) is 7.68. The monoisotopic (exact) mass is 397 g/mol. The molecule has 0 aliphatic heterocycles. The number of rotatable bonds is 3. The molecule has 2 aromatic rings. The molecule has 1 heterocycles. The molecule has 5 rings (SSSR count). The second kappa shape index (κ2) is 6.31. The van der Waals surface area contributed by atoms with Crippen molar-refractivity contribution in [2.24, 2.45) is 5.41 Å². The average Bonchev–Trinajstić information content (AvgIpc) is 3.33. The third-order valence-electron chi connectivity index (χ3n) is 7.68. The van der Waals surface area contributed by atoms with Gasteiger partial charge in [0.05, 0.1) is 22.4 Å².